The van der Waals surface area contributed by atoms with Gasteiger partial charge >= 0.3 is 5.97 Å². The van der Waals surface area contributed by atoms with Crippen molar-refractivity contribution >= 4 is 5.97 Å². The van der Waals surface area contributed by atoms with Crippen molar-refractivity contribution in [2.45, 2.75) is 20.4 Å². The molecule has 100 valence electrons. The quantitative estimate of drug-likeness (QED) is 0.905. The Morgan fingerprint density at radius 2 is 2.21 bits per heavy atom. The van der Waals surface area contributed by atoms with Crippen LogP contribution < -0.4 is 4.74 Å². The molecule has 0 aromatic carbocycles. The van der Waals surface area contributed by atoms with Crippen LogP contribution in [0.1, 0.15) is 27.3 Å². The Balaban J connectivity index is 2.39. The molecule has 6 heteroatoms. The molecule has 0 unspecified atom stereocenters. The number of aromatic nitrogens is 3. The zero-order valence-corrected chi connectivity index (χ0v) is 11.0. The van der Waals surface area contributed by atoms with Crippen LogP contribution in [0.2, 0.25) is 0 Å². The van der Waals surface area contributed by atoms with Crippen molar-refractivity contribution in [3.8, 4) is 5.75 Å². The van der Waals surface area contributed by atoms with Gasteiger partial charge in [0.15, 0.2) is 0 Å². The molecule has 0 atom stereocenters. The number of methoxy groups -OCH3 is 1. The van der Waals surface area contributed by atoms with Gasteiger partial charge in [0, 0.05) is 23.5 Å². The van der Waals surface area contributed by atoms with Crippen molar-refractivity contribution in [3.63, 3.8) is 0 Å². The van der Waals surface area contributed by atoms with E-state index in [0.29, 0.717) is 6.54 Å². The summed E-state index contributed by atoms with van der Waals surface area (Å²) in [5.74, 6) is -0.233. The van der Waals surface area contributed by atoms with Crippen LogP contribution in [0.5, 0.6) is 5.75 Å². The van der Waals surface area contributed by atoms with Gasteiger partial charge in [-0.15, -0.1) is 0 Å². The molecule has 0 radical (unpaired) electrons. The van der Waals surface area contributed by atoms with Crippen LogP contribution in [-0.2, 0) is 6.54 Å². The van der Waals surface area contributed by atoms with E-state index < -0.39 is 5.97 Å². The molecule has 0 spiro atoms. The SMILES string of the molecule is COc1c(C)cnc(Cn2nccc2C(=O)O)c1C. The molecule has 1 N–H and O–H groups in total. The van der Waals surface area contributed by atoms with Crippen molar-refractivity contribution in [1.82, 2.24) is 14.8 Å². The Kier molecular flexibility index (Phi) is 3.50. The van der Waals surface area contributed by atoms with Gasteiger partial charge in [-0.1, -0.05) is 0 Å². The van der Waals surface area contributed by atoms with Crippen LogP contribution in [0.25, 0.3) is 0 Å². The molecule has 0 aliphatic heterocycles. The first kappa shape index (κ1) is 13.1. The summed E-state index contributed by atoms with van der Waals surface area (Å²) >= 11 is 0. The number of rotatable bonds is 4. The minimum absolute atomic E-state index is 0.140. The Labute approximate surface area is 110 Å². The van der Waals surface area contributed by atoms with Gasteiger partial charge in [0.05, 0.1) is 19.3 Å². The summed E-state index contributed by atoms with van der Waals surface area (Å²) in [6, 6.07) is 1.46. The summed E-state index contributed by atoms with van der Waals surface area (Å²) in [4.78, 5) is 15.4. The van der Waals surface area contributed by atoms with Gasteiger partial charge in [-0.2, -0.15) is 5.10 Å². The van der Waals surface area contributed by atoms with Crippen LogP contribution in [0.4, 0.5) is 0 Å². The second kappa shape index (κ2) is 5.09. The summed E-state index contributed by atoms with van der Waals surface area (Å²) in [5, 5.41) is 13.0. The van der Waals surface area contributed by atoms with Gasteiger partial charge in [0.25, 0.3) is 0 Å². The molecule has 2 aromatic heterocycles. The smallest absolute Gasteiger partial charge is 0.354 e. The minimum atomic E-state index is -1.01. The summed E-state index contributed by atoms with van der Waals surface area (Å²) in [6.07, 6.45) is 3.18. The highest BCUT2D eigenvalue weighted by atomic mass is 16.5. The van der Waals surface area contributed by atoms with E-state index >= 15 is 0 Å². The van der Waals surface area contributed by atoms with Gasteiger partial charge in [-0.25, -0.2) is 4.79 Å². The van der Waals surface area contributed by atoms with Crippen LogP contribution in [-0.4, -0.2) is 33.0 Å². The third-order valence-electron chi connectivity index (χ3n) is 2.98. The number of hydrogen-bond donors (Lipinski definition) is 1. The molecular formula is C13H15N3O3. The summed E-state index contributed by atoms with van der Waals surface area (Å²) in [7, 11) is 1.61. The lowest BCUT2D eigenvalue weighted by atomic mass is 10.1. The topological polar surface area (TPSA) is 77.2 Å². The Morgan fingerprint density at radius 3 is 2.84 bits per heavy atom. The number of aromatic carboxylic acids is 1. The molecule has 2 aromatic rings. The van der Waals surface area contributed by atoms with Gasteiger partial charge in [-0.3, -0.25) is 9.67 Å². The van der Waals surface area contributed by atoms with Crippen molar-refractivity contribution < 1.29 is 14.6 Å². The summed E-state index contributed by atoms with van der Waals surface area (Å²) in [5.41, 5.74) is 2.73. The van der Waals surface area contributed by atoms with Crippen molar-refractivity contribution in [2.24, 2.45) is 0 Å². The second-order valence-electron chi connectivity index (χ2n) is 4.23. The Hall–Kier alpha value is -2.37. The maximum atomic E-state index is 11.0. The zero-order valence-electron chi connectivity index (χ0n) is 11.0. The van der Waals surface area contributed by atoms with Gasteiger partial charge in [0.2, 0.25) is 0 Å². The van der Waals surface area contributed by atoms with Crippen molar-refractivity contribution in [1.29, 1.82) is 0 Å². The third kappa shape index (κ3) is 2.42. The van der Waals surface area contributed by atoms with Crippen LogP contribution >= 0.6 is 0 Å². The Bertz CT molecular complexity index is 620. The normalized spacial score (nSPS) is 10.5. The van der Waals surface area contributed by atoms with Crippen molar-refractivity contribution in [2.75, 3.05) is 7.11 Å². The predicted octanol–water partition coefficient (Wildman–Crippen LogP) is 1.65. The lowest BCUT2D eigenvalue weighted by Crippen LogP contribution is -2.13. The van der Waals surface area contributed by atoms with E-state index in [0.717, 1.165) is 22.6 Å². The van der Waals surface area contributed by atoms with Gasteiger partial charge in [-0.05, 0) is 19.9 Å². The maximum absolute atomic E-state index is 11.0. The Morgan fingerprint density at radius 1 is 1.47 bits per heavy atom. The number of aryl methyl sites for hydroxylation is 1. The van der Waals surface area contributed by atoms with Gasteiger partial charge in [0.1, 0.15) is 11.4 Å². The van der Waals surface area contributed by atoms with E-state index in [9.17, 15) is 4.79 Å². The first-order chi connectivity index (χ1) is 9.04. The van der Waals surface area contributed by atoms with E-state index in [-0.39, 0.29) is 5.69 Å². The molecule has 2 heterocycles. The fourth-order valence-corrected chi connectivity index (χ4v) is 2.01. The summed E-state index contributed by atoms with van der Waals surface area (Å²) < 4.78 is 6.74. The van der Waals surface area contributed by atoms with E-state index in [1.807, 2.05) is 13.8 Å². The number of hydrogen-bond acceptors (Lipinski definition) is 4. The van der Waals surface area contributed by atoms with Crippen LogP contribution in [0, 0.1) is 13.8 Å². The number of carboxylic acid groups (broad SMARTS) is 1. The van der Waals surface area contributed by atoms with E-state index in [4.69, 9.17) is 9.84 Å². The first-order valence-electron chi connectivity index (χ1n) is 5.78. The molecule has 0 amide bonds. The maximum Gasteiger partial charge on any atom is 0.354 e. The molecule has 0 saturated carbocycles. The number of pyridine rings is 1. The molecule has 0 bridgehead atoms. The average Bonchev–Trinajstić information content (AvgIpc) is 2.82. The molecule has 0 saturated heterocycles. The van der Waals surface area contributed by atoms with Crippen LogP contribution in [0.15, 0.2) is 18.5 Å². The molecule has 0 aliphatic rings. The lowest BCUT2D eigenvalue weighted by Gasteiger charge is -2.12. The highest BCUT2D eigenvalue weighted by molar-refractivity contribution is 5.85. The first-order valence-corrected chi connectivity index (χ1v) is 5.78. The number of nitrogens with zero attached hydrogens (tertiary/aromatic N) is 3. The number of carbonyl (C=O) groups is 1. The molecule has 2 rings (SSSR count). The molecule has 0 aliphatic carbocycles. The molecule has 6 nitrogen and oxygen atoms in total. The average molecular weight is 261 g/mol. The fraction of sp³-hybridized carbons (Fsp3) is 0.308. The fourth-order valence-electron chi connectivity index (χ4n) is 2.01. The number of carboxylic acids is 1. The second-order valence-corrected chi connectivity index (χ2v) is 4.23. The summed E-state index contributed by atoms with van der Waals surface area (Å²) in [6.45, 7) is 4.12. The standard InChI is InChI=1S/C13H15N3O3/c1-8-6-14-10(9(2)12(8)19-3)7-16-11(13(17)18)4-5-15-16/h4-6H,7H2,1-3H3,(H,17,18). The largest absolute Gasteiger partial charge is 0.496 e. The third-order valence-corrected chi connectivity index (χ3v) is 2.98. The lowest BCUT2D eigenvalue weighted by molar-refractivity contribution is 0.0684. The monoisotopic (exact) mass is 261 g/mol. The van der Waals surface area contributed by atoms with Crippen LogP contribution in [0.3, 0.4) is 0 Å². The van der Waals surface area contributed by atoms with E-state index in [2.05, 4.69) is 10.1 Å². The zero-order chi connectivity index (χ0) is 14.0. The highest BCUT2D eigenvalue weighted by Gasteiger charge is 2.14. The van der Waals surface area contributed by atoms with Crippen molar-refractivity contribution in [3.05, 3.63) is 41.0 Å². The minimum Gasteiger partial charge on any atom is -0.496 e. The highest BCUT2D eigenvalue weighted by Crippen LogP contribution is 2.24. The number of ether oxygens (including phenoxy) is 1. The van der Waals surface area contributed by atoms with Gasteiger partial charge < -0.3 is 9.84 Å². The molecule has 0 fully saturated rings. The molecule has 19 heavy (non-hydrogen) atoms. The molecular weight excluding hydrogens is 246 g/mol. The van der Waals surface area contributed by atoms with E-state index in [1.54, 1.807) is 13.3 Å². The predicted molar refractivity (Wildman–Crippen MR) is 68.6 cm³/mol. The van der Waals surface area contributed by atoms with E-state index in [1.165, 1.54) is 16.9 Å².